The molecule has 0 unspecified atom stereocenters. The van der Waals surface area contributed by atoms with E-state index in [2.05, 4.69) is 29.4 Å². The van der Waals surface area contributed by atoms with Gasteiger partial charge >= 0.3 is 5.69 Å². The number of nitrogens with zero attached hydrogens (tertiary/aromatic N) is 4. The number of carbonyl (C=O) groups is 1. The first-order chi connectivity index (χ1) is 13.0. The van der Waals surface area contributed by atoms with Crippen LogP contribution in [0.2, 0.25) is 0 Å². The summed E-state index contributed by atoms with van der Waals surface area (Å²) >= 11 is 1.56. The van der Waals surface area contributed by atoms with Crippen LogP contribution < -0.4 is 15.7 Å². The summed E-state index contributed by atoms with van der Waals surface area (Å²) in [6.45, 7) is 4.27. The maximum atomic E-state index is 12.5. The fraction of sp³-hybridized carbons (Fsp3) is 0.333. The monoisotopic (exact) mass is 387 g/mol. The van der Waals surface area contributed by atoms with E-state index < -0.39 is 5.69 Å². The van der Waals surface area contributed by atoms with E-state index in [9.17, 15) is 9.59 Å². The normalized spacial score (nSPS) is 11.1. The quantitative estimate of drug-likeness (QED) is 0.621. The molecule has 1 amide bonds. The molecular weight excluding hydrogens is 366 g/mol. The van der Waals surface area contributed by atoms with E-state index in [1.54, 1.807) is 24.9 Å². The first-order valence-electron chi connectivity index (χ1n) is 8.49. The van der Waals surface area contributed by atoms with Crippen LogP contribution >= 0.6 is 11.8 Å². The SMILES string of the molecule is COc1cccc(CNC(=O)Cn2nc3ccc(SC(C)C)nn3c2=O)c1. The van der Waals surface area contributed by atoms with Gasteiger partial charge in [0.05, 0.1) is 7.11 Å². The minimum atomic E-state index is -0.437. The second kappa shape index (κ2) is 8.26. The Hall–Kier alpha value is -2.81. The maximum absolute atomic E-state index is 12.5. The molecule has 1 N–H and O–H groups in total. The van der Waals surface area contributed by atoms with E-state index in [1.165, 1.54) is 4.52 Å². The highest BCUT2D eigenvalue weighted by molar-refractivity contribution is 7.99. The van der Waals surface area contributed by atoms with Crippen LogP contribution in [0, 0.1) is 0 Å². The predicted octanol–water partition coefficient (Wildman–Crippen LogP) is 1.72. The number of thioether (sulfide) groups is 1. The van der Waals surface area contributed by atoms with Crippen molar-refractivity contribution >= 4 is 23.3 Å². The number of nitrogens with one attached hydrogen (secondary N) is 1. The number of benzene rings is 1. The van der Waals surface area contributed by atoms with Gasteiger partial charge < -0.3 is 10.1 Å². The predicted molar refractivity (Wildman–Crippen MR) is 103 cm³/mol. The van der Waals surface area contributed by atoms with Crippen molar-refractivity contribution in [3.05, 3.63) is 52.4 Å². The lowest BCUT2D eigenvalue weighted by Gasteiger charge is -2.06. The van der Waals surface area contributed by atoms with Crippen LogP contribution in [0.4, 0.5) is 0 Å². The van der Waals surface area contributed by atoms with Gasteiger partial charge in [0.2, 0.25) is 5.91 Å². The lowest BCUT2D eigenvalue weighted by molar-refractivity contribution is -0.122. The third-order valence-corrected chi connectivity index (χ3v) is 4.62. The number of aromatic nitrogens is 4. The van der Waals surface area contributed by atoms with Crippen LogP contribution in [-0.4, -0.2) is 37.7 Å². The van der Waals surface area contributed by atoms with Crippen LogP contribution in [0.25, 0.3) is 5.65 Å². The third-order valence-electron chi connectivity index (χ3n) is 3.69. The van der Waals surface area contributed by atoms with E-state index in [4.69, 9.17) is 4.74 Å². The van der Waals surface area contributed by atoms with Crippen molar-refractivity contribution in [1.82, 2.24) is 24.7 Å². The highest BCUT2D eigenvalue weighted by atomic mass is 32.2. The Balaban J connectivity index is 1.69. The van der Waals surface area contributed by atoms with Crippen LogP contribution in [0.1, 0.15) is 19.4 Å². The van der Waals surface area contributed by atoms with Crippen LogP contribution in [0.5, 0.6) is 5.75 Å². The zero-order valence-corrected chi connectivity index (χ0v) is 16.2. The number of hydrogen-bond acceptors (Lipinski definition) is 6. The lowest BCUT2D eigenvalue weighted by atomic mass is 10.2. The number of carbonyl (C=O) groups excluding carboxylic acids is 1. The standard InChI is InChI=1S/C18H21N5O3S/c1-12(2)27-17-8-7-15-20-22(18(25)23(15)21-17)11-16(24)19-10-13-5-4-6-14(9-13)26-3/h4-9,12H,10-11H2,1-3H3,(H,19,24). The summed E-state index contributed by atoms with van der Waals surface area (Å²) < 4.78 is 7.50. The molecule has 0 saturated carbocycles. The summed E-state index contributed by atoms with van der Waals surface area (Å²) in [5.74, 6) is 0.416. The molecule has 1 aromatic carbocycles. The Kier molecular flexibility index (Phi) is 5.80. The molecule has 2 aromatic heterocycles. The fourth-order valence-corrected chi connectivity index (χ4v) is 3.23. The summed E-state index contributed by atoms with van der Waals surface area (Å²) in [5, 5.41) is 12.3. The summed E-state index contributed by atoms with van der Waals surface area (Å²) in [6.07, 6.45) is 0. The molecule has 27 heavy (non-hydrogen) atoms. The minimum Gasteiger partial charge on any atom is -0.497 e. The van der Waals surface area contributed by atoms with Gasteiger partial charge in [-0.15, -0.1) is 16.9 Å². The van der Waals surface area contributed by atoms with Crippen LogP contribution in [0.3, 0.4) is 0 Å². The topological polar surface area (TPSA) is 90.5 Å². The number of amides is 1. The number of ether oxygens (including phenoxy) is 1. The van der Waals surface area contributed by atoms with E-state index in [1.807, 2.05) is 30.3 Å². The maximum Gasteiger partial charge on any atom is 0.367 e. The van der Waals surface area contributed by atoms with Crippen molar-refractivity contribution in [3.63, 3.8) is 0 Å². The third kappa shape index (κ3) is 4.68. The van der Waals surface area contributed by atoms with Crippen molar-refractivity contribution in [2.75, 3.05) is 7.11 Å². The molecule has 0 aliphatic carbocycles. The van der Waals surface area contributed by atoms with Gasteiger partial charge in [-0.3, -0.25) is 4.79 Å². The molecule has 0 fully saturated rings. The summed E-state index contributed by atoms with van der Waals surface area (Å²) in [4.78, 5) is 24.7. The van der Waals surface area contributed by atoms with E-state index in [0.29, 0.717) is 17.4 Å². The average molecular weight is 387 g/mol. The first kappa shape index (κ1) is 19.0. The van der Waals surface area contributed by atoms with E-state index in [-0.39, 0.29) is 12.5 Å². The molecule has 2 heterocycles. The highest BCUT2D eigenvalue weighted by Crippen LogP contribution is 2.19. The Bertz CT molecular complexity index is 1010. The molecule has 142 valence electrons. The second-order valence-electron chi connectivity index (χ2n) is 6.18. The molecule has 3 rings (SSSR count). The summed E-state index contributed by atoms with van der Waals surface area (Å²) in [5.41, 5.74) is 0.878. The number of rotatable bonds is 7. The van der Waals surface area contributed by atoms with Gasteiger partial charge in [0.25, 0.3) is 0 Å². The van der Waals surface area contributed by atoms with Crippen molar-refractivity contribution < 1.29 is 9.53 Å². The molecule has 0 aliphatic rings. The Morgan fingerprint density at radius 3 is 2.81 bits per heavy atom. The van der Waals surface area contributed by atoms with Gasteiger partial charge in [-0.25, -0.2) is 9.48 Å². The summed E-state index contributed by atoms with van der Waals surface area (Å²) in [6, 6.07) is 11.0. The molecule has 0 radical (unpaired) electrons. The number of hydrogen-bond donors (Lipinski definition) is 1. The molecule has 0 spiro atoms. The zero-order valence-electron chi connectivity index (χ0n) is 15.4. The van der Waals surface area contributed by atoms with Gasteiger partial charge in [-0.2, -0.15) is 9.61 Å². The largest absolute Gasteiger partial charge is 0.497 e. The molecule has 3 aromatic rings. The smallest absolute Gasteiger partial charge is 0.367 e. The number of methoxy groups -OCH3 is 1. The van der Waals surface area contributed by atoms with Gasteiger partial charge in [-0.05, 0) is 29.8 Å². The molecule has 8 nitrogen and oxygen atoms in total. The van der Waals surface area contributed by atoms with Gasteiger partial charge in [0, 0.05) is 11.8 Å². The van der Waals surface area contributed by atoms with E-state index in [0.717, 1.165) is 21.0 Å². The molecule has 9 heteroatoms. The molecule has 0 atom stereocenters. The molecule has 0 aliphatic heterocycles. The molecule has 0 saturated heterocycles. The average Bonchev–Trinajstić information content (AvgIpc) is 2.95. The van der Waals surface area contributed by atoms with Crippen molar-refractivity contribution in [2.24, 2.45) is 0 Å². The van der Waals surface area contributed by atoms with Crippen LogP contribution in [0.15, 0.2) is 46.2 Å². The Morgan fingerprint density at radius 1 is 1.26 bits per heavy atom. The molecular formula is C18H21N5O3S. The van der Waals surface area contributed by atoms with Gasteiger partial charge in [0.15, 0.2) is 5.65 Å². The first-order valence-corrected chi connectivity index (χ1v) is 9.37. The summed E-state index contributed by atoms with van der Waals surface area (Å²) in [7, 11) is 1.59. The Labute approximate surface area is 160 Å². The van der Waals surface area contributed by atoms with Gasteiger partial charge in [-0.1, -0.05) is 26.0 Å². The van der Waals surface area contributed by atoms with Crippen LogP contribution in [-0.2, 0) is 17.9 Å². The second-order valence-corrected chi connectivity index (χ2v) is 7.77. The lowest BCUT2D eigenvalue weighted by Crippen LogP contribution is -2.32. The van der Waals surface area contributed by atoms with Gasteiger partial charge in [0.1, 0.15) is 17.3 Å². The van der Waals surface area contributed by atoms with E-state index >= 15 is 0 Å². The van der Waals surface area contributed by atoms with Crippen molar-refractivity contribution in [1.29, 1.82) is 0 Å². The van der Waals surface area contributed by atoms with Crippen molar-refractivity contribution in [3.8, 4) is 5.75 Å². The fourth-order valence-electron chi connectivity index (χ4n) is 2.47. The van der Waals surface area contributed by atoms with Crippen molar-refractivity contribution in [2.45, 2.75) is 37.2 Å². The molecule has 0 bridgehead atoms. The zero-order chi connectivity index (χ0) is 19.4. The minimum absolute atomic E-state index is 0.168. The Morgan fingerprint density at radius 2 is 2.07 bits per heavy atom. The highest BCUT2D eigenvalue weighted by Gasteiger charge is 2.13. The number of fused-ring (bicyclic) bond motifs is 1.